The van der Waals surface area contributed by atoms with Crippen LogP contribution in [0.3, 0.4) is 0 Å². The van der Waals surface area contributed by atoms with Gasteiger partial charge in [-0.2, -0.15) is 0 Å². The van der Waals surface area contributed by atoms with Crippen LogP contribution >= 0.6 is 0 Å². The molecular weight excluding hydrogens is 1350 g/mol. The van der Waals surface area contributed by atoms with E-state index in [0.29, 0.717) is 5.92 Å². The van der Waals surface area contributed by atoms with Crippen molar-refractivity contribution < 1.29 is 0 Å². The van der Waals surface area contributed by atoms with Gasteiger partial charge in [0.15, 0.2) is 0 Å². The maximum Gasteiger partial charge on any atom is 0.0558 e. The van der Waals surface area contributed by atoms with Gasteiger partial charge in [0, 0.05) is 68.0 Å². The van der Waals surface area contributed by atoms with Gasteiger partial charge in [-0.1, -0.05) is 277 Å². The minimum atomic E-state index is -0.116. The number of nitrogens with zero attached hydrogens (tertiary/aromatic N) is 4. The predicted octanol–water partition coefficient (Wildman–Crippen LogP) is 28.8. The van der Waals surface area contributed by atoms with E-state index in [1.807, 2.05) is 0 Å². The first kappa shape index (κ1) is 69.9. The highest BCUT2D eigenvalue weighted by atomic mass is 15.2. The van der Waals surface area contributed by atoms with Gasteiger partial charge < -0.3 is 19.6 Å². The van der Waals surface area contributed by atoms with E-state index in [-0.39, 0.29) is 16.9 Å². The van der Waals surface area contributed by atoms with Crippen LogP contribution in [0.4, 0.5) is 45.5 Å². The quantitative estimate of drug-likeness (QED) is 0.0849. The number of anilines is 8. The molecule has 2 unspecified atom stereocenters. The van der Waals surface area contributed by atoms with E-state index in [1.54, 1.807) is 0 Å². The first-order valence-electron chi connectivity index (χ1n) is 40.6. The fourth-order valence-electron chi connectivity index (χ4n) is 19.1. The third-order valence-electron chi connectivity index (χ3n) is 25.2. The van der Waals surface area contributed by atoms with Gasteiger partial charge in [0.25, 0.3) is 0 Å². The highest BCUT2D eigenvalue weighted by Crippen LogP contribution is 2.56. The first-order chi connectivity index (χ1) is 55.0. The predicted molar refractivity (Wildman–Crippen MR) is 475 cm³/mol. The van der Waals surface area contributed by atoms with Gasteiger partial charge in [-0.25, -0.2) is 0 Å². The van der Waals surface area contributed by atoms with Crippen LogP contribution in [0, 0.1) is 5.92 Å². The Hall–Kier alpha value is -12.5. The van der Waals surface area contributed by atoms with E-state index in [0.717, 1.165) is 92.6 Å². The fraction of sp³-hybridized carbons (Fsp3) is 0.167. The maximum absolute atomic E-state index is 2.56. The summed E-state index contributed by atoms with van der Waals surface area (Å²) in [6.45, 7) is 9.64. The summed E-state index contributed by atoms with van der Waals surface area (Å²) in [6.07, 6.45) is 43.3. The third-order valence-corrected chi connectivity index (χ3v) is 25.2. The van der Waals surface area contributed by atoms with Gasteiger partial charge in [0.1, 0.15) is 0 Å². The van der Waals surface area contributed by atoms with Crippen LogP contribution in [0.25, 0.3) is 50.1 Å². The minimum absolute atomic E-state index is 0.000188. The molecule has 11 aromatic carbocycles. The normalized spacial score (nSPS) is 18.2. The molecule has 4 nitrogen and oxygen atoms in total. The molecule has 8 aliphatic carbocycles. The summed E-state index contributed by atoms with van der Waals surface area (Å²) in [7, 11) is 0. The van der Waals surface area contributed by atoms with Gasteiger partial charge in [-0.05, 0) is 297 Å². The van der Waals surface area contributed by atoms with Crippen molar-refractivity contribution in [3.8, 4) is 22.3 Å². The summed E-state index contributed by atoms with van der Waals surface area (Å²) in [6, 6.07) is 104. The molecule has 19 rings (SSSR count). The smallest absolute Gasteiger partial charge is 0.0558 e. The van der Waals surface area contributed by atoms with Crippen LogP contribution in [0.5, 0.6) is 0 Å². The van der Waals surface area contributed by atoms with Crippen molar-refractivity contribution in [1.82, 2.24) is 0 Å². The monoisotopic (exact) mass is 1450 g/mol. The Morgan fingerprint density at radius 2 is 0.777 bits per heavy atom. The SMILES string of the molecule is CC1(C)c2ccccc2-c2ccc(N(C3=CCC(N(C4=CC=CCC4)c4ccccc4)C=C3)c3cccc(C4=CC=C(c5ccc(C6=CC=C(C7=CC=C(c8ccc(-c9cccc(N(C%10=CC=C%11c%12ccccc%12C(C)(C)C%11C%10)c%10ccc(N(c%11ccccc%11)c%11ccccc%11)cc%10)c9)cc8)CC7)CC6)cc5)CC4)c3)cc21. The summed E-state index contributed by atoms with van der Waals surface area (Å²) < 4.78 is 0. The first-order valence-corrected chi connectivity index (χ1v) is 40.6. The Bertz CT molecular complexity index is 5820. The Balaban J connectivity index is 0.535. The van der Waals surface area contributed by atoms with E-state index in [9.17, 15) is 0 Å². The topological polar surface area (TPSA) is 13.0 Å². The lowest BCUT2D eigenvalue weighted by Crippen LogP contribution is -2.35. The second-order valence-electron chi connectivity index (χ2n) is 32.4. The highest BCUT2D eigenvalue weighted by Gasteiger charge is 2.45. The summed E-state index contributed by atoms with van der Waals surface area (Å²) in [4.78, 5) is 9.91. The second-order valence-corrected chi connectivity index (χ2v) is 32.4. The van der Waals surface area contributed by atoms with E-state index in [2.05, 4.69) is 411 Å². The average Bonchev–Trinajstić information content (AvgIpc) is 1.58. The molecule has 4 heteroatoms. The molecule has 0 bridgehead atoms. The molecule has 0 aromatic heterocycles. The molecule has 2 atom stereocenters. The molecule has 546 valence electrons. The maximum atomic E-state index is 2.56. The van der Waals surface area contributed by atoms with Crippen molar-refractivity contribution in [1.29, 1.82) is 0 Å². The number of rotatable bonds is 18. The molecule has 8 aliphatic rings. The van der Waals surface area contributed by atoms with Crippen molar-refractivity contribution in [3.05, 3.63) is 437 Å². The van der Waals surface area contributed by atoms with Crippen LogP contribution < -0.4 is 19.6 Å². The lowest BCUT2D eigenvalue weighted by Gasteiger charge is -2.37. The zero-order chi connectivity index (χ0) is 75.3. The molecule has 0 fully saturated rings. The Kier molecular flexibility index (Phi) is 18.6. The summed E-state index contributed by atoms with van der Waals surface area (Å²) in [5.74, 6) is 0.362. The molecule has 112 heavy (non-hydrogen) atoms. The Morgan fingerprint density at radius 3 is 1.35 bits per heavy atom. The number of fused-ring (bicyclic) bond motifs is 6. The summed E-state index contributed by atoms with van der Waals surface area (Å²) in [5.41, 5.74) is 38.9. The fourth-order valence-corrected chi connectivity index (χ4v) is 19.1. The zero-order valence-electron chi connectivity index (χ0n) is 64.7. The second kappa shape index (κ2) is 29.7. The van der Waals surface area contributed by atoms with Crippen molar-refractivity contribution in [2.24, 2.45) is 5.92 Å². The van der Waals surface area contributed by atoms with Gasteiger partial charge in [0.05, 0.1) is 6.04 Å². The molecule has 0 amide bonds. The van der Waals surface area contributed by atoms with E-state index >= 15 is 0 Å². The molecule has 0 spiro atoms. The number of para-hydroxylation sites is 3. The van der Waals surface area contributed by atoms with E-state index in [4.69, 9.17) is 0 Å². The van der Waals surface area contributed by atoms with Crippen LogP contribution in [0.2, 0.25) is 0 Å². The lowest BCUT2D eigenvalue weighted by molar-refractivity contribution is 0.406. The van der Waals surface area contributed by atoms with Crippen molar-refractivity contribution in [3.63, 3.8) is 0 Å². The van der Waals surface area contributed by atoms with Gasteiger partial charge in [-0.3, -0.25) is 0 Å². The number of hydrogen-bond acceptors (Lipinski definition) is 4. The molecular formula is C108H94N4. The van der Waals surface area contributed by atoms with Gasteiger partial charge in [-0.15, -0.1) is 0 Å². The van der Waals surface area contributed by atoms with E-state index < -0.39 is 0 Å². The van der Waals surface area contributed by atoms with Crippen LogP contribution in [-0.4, -0.2) is 6.04 Å². The molecule has 11 aromatic rings. The zero-order valence-corrected chi connectivity index (χ0v) is 64.7. The number of allylic oxidation sites excluding steroid dienone is 21. The molecule has 0 radical (unpaired) electrons. The summed E-state index contributed by atoms with van der Waals surface area (Å²) >= 11 is 0. The molecule has 0 heterocycles. The highest BCUT2D eigenvalue weighted by molar-refractivity contribution is 5.88. The average molecular weight is 1450 g/mol. The molecule has 0 saturated heterocycles. The van der Waals surface area contributed by atoms with E-state index in [1.165, 1.54) is 140 Å². The van der Waals surface area contributed by atoms with Crippen molar-refractivity contribution >= 4 is 73.4 Å². The molecule has 0 aliphatic heterocycles. The van der Waals surface area contributed by atoms with Gasteiger partial charge >= 0.3 is 0 Å². The van der Waals surface area contributed by atoms with Crippen molar-refractivity contribution in [2.45, 2.75) is 109 Å². The van der Waals surface area contributed by atoms with Crippen LogP contribution in [0.1, 0.15) is 136 Å². The lowest BCUT2D eigenvalue weighted by atomic mass is 9.74. The minimum Gasteiger partial charge on any atom is -0.338 e. The summed E-state index contributed by atoms with van der Waals surface area (Å²) in [5, 5.41) is 0. The van der Waals surface area contributed by atoms with Crippen molar-refractivity contribution in [2.75, 3.05) is 19.6 Å². The Labute approximate surface area is 662 Å². The molecule has 0 N–H and O–H groups in total. The number of benzene rings is 11. The largest absolute Gasteiger partial charge is 0.338 e. The number of hydrogen-bond donors (Lipinski definition) is 0. The van der Waals surface area contributed by atoms with Crippen LogP contribution in [0.15, 0.2) is 392 Å². The van der Waals surface area contributed by atoms with Crippen LogP contribution in [-0.2, 0) is 10.8 Å². The standard InChI is InChI=1S/C108H94N4/c1-107(2)103-37-19-17-35-99(103)101-69-67-97(73-105(101)107)111(93-63-59-91(60-64-93)109(87-25-9-5-10-26-87)88-27-11-6-12-28-88)95-33-21-23-85(71-95)83-55-51-81(52-56-83)79-47-43-77(44-48-79)75-39-41-76(42-40-75)78-45-49-80(50-46-78)82-53-57-84(58-54-82)86-24-22-34-96(72-86)112(98-68-70-102-100-36-18-20-38-104(100)108(3,4)106(102)74-98)94-65-61-92(62-66-94)110(89-29-13-7-14-30-89)90-31-15-8-16-32-90/h5-15,17-31,33-39,41,43,45-47,49-53,55-57,59-61,63-72,74,92,105H,16,32,40,42,44,48,54,58,62,73H2,1-4H3. The third kappa shape index (κ3) is 13.3. The Morgan fingerprint density at radius 1 is 0.312 bits per heavy atom. The van der Waals surface area contributed by atoms with Gasteiger partial charge in [0.2, 0.25) is 0 Å². The molecule has 0 saturated carbocycles.